The van der Waals surface area contributed by atoms with Crippen LogP contribution < -0.4 is 10.2 Å². The summed E-state index contributed by atoms with van der Waals surface area (Å²) in [5.74, 6) is 0.0121. The summed E-state index contributed by atoms with van der Waals surface area (Å²) in [5.41, 5.74) is 3.87. The summed E-state index contributed by atoms with van der Waals surface area (Å²) in [6.07, 6.45) is 2.22. The minimum atomic E-state index is -0.418. The number of carbonyl (C=O) groups excluding carboxylic acids is 1. The lowest BCUT2D eigenvalue weighted by atomic mass is 10.2. The van der Waals surface area contributed by atoms with E-state index in [0.717, 1.165) is 6.42 Å². The number of aryl methyl sites for hydroxylation is 1. The Morgan fingerprint density at radius 1 is 1.22 bits per heavy atom. The third kappa shape index (κ3) is 5.03. The Hall–Kier alpha value is -3.02. The molecule has 0 aliphatic heterocycles. The molecule has 0 saturated carbocycles. The molecule has 0 unspecified atom stereocenters. The van der Waals surface area contributed by atoms with Gasteiger partial charge in [-0.15, -0.1) is 0 Å². The number of phenols is 2. The van der Waals surface area contributed by atoms with Crippen LogP contribution in [0.4, 0.5) is 0 Å². The second-order valence-corrected chi connectivity index (χ2v) is 4.82. The summed E-state index contributed by atoms with van der Waals surface area (Å²) in [6, 6.07) is 11.6. The van der Waals surface area contributed by atoms with Gasteiger partial charge in [-0.05, 0) is 36.2 Å². The number of rotatable bonds is 6. The highest BCUT2D eigenvalue weighted by atomic mass is 16.5. The molecule has 0 bridgehead atoms. The normalized spacial score (nSPS) is 10.7. The van der Waals surface area contributed by atoms with Gasteiger partial charge in [-0.1, -0.05) is 19.1 Å². The second kappa shape index (κ2) is 7.84. The summed E-state index contributed by atoms with van der Waals surface area (Å²) in [4.78, 5) is 11.6. The highest BCUT2D eigenvalue weighted by Gasteiger charge is 2.02. The lowest BCUT2D eigenvalue weighted by Crippen LogP contribution is -2.24. The first-order valence-electron chi connectivity index (χ1n) is 7.14. The van der Waals surface area contributed by atoms with Crippen molar-refractivity contribution in [2.75, 3.05) is 6.61 Å². The van der Waals surface area contributed by atoms with E-state index in [1.807, 2.05) is 24.3 Å². The minimum Gasteiger partial charge on any atom is -0.508 e. The average Bonchev–Trinajstić information content (AvgIpc) is 2.55. The first-order valence-corrected chi connectivity index (χ1v) is 7.14. The van der Waals surface area contributed by atoms with Crippen LogP contribution in [-0.2, 0) is 11.2 Å². The summed E-state index contributed by atoms with van der Waals surface area (Å²) >= 11 is 0. The molecule has 0 fully saturated rings. The Balaban J connectivity index is 1.81. The zero-order chi connectivity index (χ0) is 16.7. The Bertz CT molecular complexity index is 696. The van der Waals surface area contributed by atoms with E-state index in [2.05, 4.69) is 17.5 Å². The number of carbonyl (C=O) groups is 1. The summed E-state index contributed by atoms with van der Waals surface area (Å²) in [5, 5.41) is 22.5. The lowest BCUT2D eigenvalue weighted by Gasteiger charge is -2.05. The molecule has 2 aromatic rings. The number of phenolic OH excluding ortho intramolecular Hbond substituents is 2. The number of nitrogens with zero attached hydrogens (tertiary/aromatic N) is 1. The van der Waals surface area contributed by atoms with Gasteiger partial charge in [-0.3, -0.25) is 4.79 Å². The van der Waals surface area contributed by atoms with Gasteiger partial charge < -0.3 is 14.9 Å². The van der Waals surface area contributed by atoms with Crippen LogP contribution in [0.3, 0.4) is 0 Å². The fraction of sp³-hybridized carbons (Fsp3) is 0.176. The van der Waals surface area contributed by atoms with E-state index in [-0.39, 0.29) is 18.1 Å². The van der Waals surface area contributed by atoms with Crippen molar-refractivity contribution >= 4 is 12.1 Å². The van der Waals surface area contributed by atoms with Crippen LogP contribution in [0.15, 0.2) is 47.6 Å². The van der Waals surface area contributed by atoms with Crippen LogP contribution in [0.25, 0.3) is 0 Å². The van der Waals surface area contributed by atoms with Crippen molar-refractivity contribution in [2.45, 2.75) is 13.3 Å². The summed E-state index contributed by atoms with van der Waals surface area (Å²) in [7, 11) is 0. The Morgan fingerprint density at radius 2 is 1.96 bits per heavy atom. The molecule has 23 heavy (non-hydrogen) atoms. The molecule has 0 heterocycles. The number of amides is 1. The molecule has 3 N–H and O–H groups in total. The van der Waals surface area contributed by atoms with E-state index < -0.39 is 5.91 Å². The molecule has 2 aromatic carbocycles. The van der Waals surface area contributed by atoms with Crippen LogP contribution in [0.1, 0.15) is 18.1 Å². The smallest absolute Gasteiger partial charge is 0.277 e. The maximum Gasteiger partial charge on any atom is 0.277 e. The molecular weight excluding hydrogens is 296 g/mol. The lowest BCUT2D eigenvalue weighted by molar-refractivity contribution is -0.123. The van der Waals surface area contributed by atoms with Gasteiger partial charge in [0.1, 0.15) is 17.2 Å². The molecule has 0 atom stereocenters. The monoisotopic (exact) mass is 314 g/mol. The first-order chi connectivity index (χ1) is 11.1. The molecule has 120 valence electrons. The fourth-order valence-electron chi connectivity index (χ4n) is 1.82. The van der Waals surface area contributed by atoms with E-state index in [1.165, 1.54) is 30.0 Å². The first kappa shape index (κ1) is 16.4. The largest absolute Gasteiger partial charge is 0.508 e. The number of hydrogen-bond donors (Lipinski definition) is 3. The van der Waals surface area contributed by atoms with Crippen molar-refractivity contribution in [1.29, 1.82) is 0 Å². The molecule has 6 heteroatoms. The van der Waals surface area contributed by atoms with Crippen molar-refractivity contribution in [3.63, 3.8) is 0 Å². The van der Waals surface area contributed by atoms with Crippen molar-refractivity contribution in [2.24, 2.45) is 5.10 Å². The van der Waals surface area contributed by atoms with Crippen molar-refractivity contribution in [3.8, 4) is 17.2 Å². The van der Waals surface area contributed by atoms with Crippen LogP contribution in [0.2, 0.25) is 0 Å². The number of hydrazone groups is 1. The zero-order valence-corrected chi connectivity index (χ0v) is 12.7. The molecule has 2 rings (SSSR count). The molecule has 0 aliphatic rings. The Labute approximate surface area is 134 Å². The topological polar surface area (TPSA) is 91.2 Å². The van der Waals surface area contributed by atoms with Crippen LogP contribution in [0.5, 0.6) is 17.2 Å². The molecule has 0 aliphatic carbocycles. The molecule has 0 radical (unpaired) electrons. The third-order valence-electron chi connectivity index (χ3n) is 3.11. The molecule has 0 spiro atoms. The van der Waals surface area contributed by atoms with Gasteiger partial charge in [0.15, 0.2) is 6.61 Å². The highest BCUT2D eigenvalue weighted by Crippen LogP contribution is 2.20. The van der Waals surface area contributed by atoms with Crippen molar-refractivity contribution < 1.29 is 19.7 Å². The molecule has 6 nitrogen and oxygen atoms in total. The average molecular weight is 314 g/mol. The number of ether oxygens (including phenoxy) is 1. The van der Waals surface area contributed by atoms with Gasteiger partial charge in [-0.25, -0.2) is 5.43 Å². The van der Waals surface area contributed by atoms with Crippen LogP contribution in [0, 0.1) is 0 Å². The highest BCUT2D eigenvalue weighted by molar-refractivity contribution is 5.85. The van der Waals surface area contributed by atoms with Crippen molar-refractivity contribution in [1.82, 2.24) is 5.43 Å². The SMILES string of the molecule is CCc1ccc(OCC(=O)NN=Cc2ccc(O)cc2O)cc1. The zero-order valence-electron chi connectivity index (χ0n) is 12.7. The molecule has 1 amide bonds. The maximum absolute atomic E-state index is 11.6. The standard InChI is InChI=1S/C17H18N2O4/c1-2-12-3-7-15(8-4-12)23-11-17(22)19-18-10-13-5-6-14(20)9-16(13)21/h3-10,20-21H,2,11H2,1H3,(H,19,22). The second-order valence-electron chi connectivity index (χ2n) is 4.82. The molecular formula is C17H18N2O4. The van der Waals surface area contributed by atoms with Gasteiger partial charge >= 0.3 is 0 Å². The van der Waals surface area contributed by atoms with Crippen LogP contribution in [-0.4, -0.2) is 28.9 Å². The quantitative estimate of drug-likeness (QED) is 0.563. The number of nitrogens with one attached hydrogen (secondary N) is 1. The van der Waals surface area contributed by atoms with E-state index in [9.17, 15) is 15.0 Å². The number of hydrogen-bond acceptors (Lipinski definition) is 5. The summed E-state index contributed by atoms with van der Waals surface area (Å²) in [6.45, 7) is 1.90. The predicted octanol–water partition coefficient (Wildman–Crippen LogP) is 2.19. The van der Waals surface area contributed by atoms with Crippen molar-refractivity contribution in [3.05, 3.63) is 53.6 Å². The van der Waals surface area contributed by atoms with Gasteiger partial charge in [0.05, 0.1) is 6.21 Å². The molecule has 0 aromatic heterocycles. The third-order valence-corrected chi connectivity index (χ3v) is 3.11. The van der Waals surface area contributed by atoms with Gasteiger partial charge in [0.2, 0.25) is 0 Å². The predicted molar refractivity (Wildman–Crippen MR) is 86.8 cm³/mol. The van der Waals surface area contributed by atoms with E-state index in [4.69, 9.17) is 4.74 Å². The number of aromatic hydroxyl groups is 2. The fourth-order valence-corrected chi connectivity index (χ4v) is 1.82. The van der Waals surface area contributed by atoms with Crippen LogP contribution >= 0.6 is 0 Å². The van der Waals surface area contributed by atoms with Gasteiger partial charge in [0, 0.05) is 11.6 Å². The Kier molecular flexibility index (Phi) is 5.57. The van der Waals surface area contributed by atoms with E-state index in [1.54, 1.807) is 0 Å². The maximum atomic E-state index is 11.6. The van der Waals surface area contributed by atoms with Gasteiger partial charge in [0.25, 0.3) is 5.91 Å². The van der Waals surface area contributed by atoms with E-state index >= 15 is 0 Å². The number of benzene rings is 2. The van der Waals surface area contributed by atoms with E-state index in [0.29, 0.717) is 11.3 Å². The van der Waals surface area contributed by atoms with Gasteiger partial charge in [-0.2, -0.15) is 5.10 Å². The molecule has 0 saturated heterocycles. The Morgan fingerprint density at radius 3 is 2.61 bits per heavy atom. The summed E-state index contributed by atoms with van der Waals surface area (Å²) < 4.78 is 5.34. The minimum absolute atomic E-state index is 0.0498.